The quantitative estimate of drug-likeness (QED) is 0.558. The molecule has 1 aromatic heterocycles. The molecule has 1 heterocycles. The Hall–Kier alpha value is -2.47. The molecule has 0 aliphatic rings. The summed E-state index contributed by atoms with van der Waals surface area (Å²) in [5.41, 5.74) is -0.135. The SMILES string of the molecule is CCOC(=O)/C(C#N)=c1/s/c(=C/Nc2cc(Cl)c(O)c(Cl)c2)c(=O)n1CC. The van der Waals surface area contributed by atoms with Crippen molar-refractivity contribution in [2.45, 2.75) is 20.4 Å². The van der Waals surface area contributed by atoms with Gasteiger partial charge in [0.05, 0.1) is 16.7 Å². The van der Waals surface area contributed by atoms with Crippen LogP contribution in [0.25, 0.3) is 11.8 Å². The van der Waals surface area contributed by atoms with Crippen molar-refractivity contribution in [1.29, 1.82) is 5.26 Å². The molecule has 27 heavy (non-hydrogen) atoms. The third-order valence-electron chi connectivity index (χ3n) is 3.42. The van der Waals surface area contributed by atoms with Crippen molar-refractivity contribution in [3.8, 4) is 11.8 Å². The molecule has 10 heteroatoms. The van der Waals surface area contributed by atoms with E-state index < -0.39 is 5.97 Å². The Morgan fingerprint density at radius 1 is 1.41 bits per heavy atom. The minimum Gasteiger partial charge on any atom is -0.505 e. The van der Waals surface area contributed by atoms with Gasteiger partial charge in [0.1, 0.15) is 15.3 Å². The van der Waals surface area contributed by atoms with Crippen molar-refractivity contribution in [3.05, 3.63) is 41.7 Å². The summed E-state index contributed by atoms with van der Waals surface area (Å²) in [5.74, 6) is -1.02. The first-order valence-electron chi connectivity index (χ1n) is 7.79. The number of phenols is 1. The number of thiazole rings is 1. The van der Waals surface area contributed by atoms with E-state index in [2.05, 4.69) is 5.32 Å². The molecule has 0 saturated carbocycles. The van der Waals surface area contributed by atoms with E-state index in [0.29, 0.717) is 5.69 Å². The van der Waals surface area contributed by atoms with Crippen molar-refractivity contribution >= 4 is 58.0 Å². The van der Waals surface area contributed by atoms with Gasteiger partial charge in [-0.25, -0.2) is 4.79 Å². The second-order valence-corrected chi connectivity index (χ2v) is 6.95. The van der Waals surface area contributed by atoms with Crippen LogP contribution < -0.4 is 20.1 Å². The summed E-state index contributed by atoms with van der Waals surface area (Å²) in [4.78, 5) is 24.5. The second-order valence-electron chi connectivity index (χ2n) is 5.11. The fourth-order valence-corrected chi connectivity index (χ4v) is 3.74. The number of carbonyl (C=O) groups excluding carboxylic acids is 1. The number of nitriles is 1. The number of aromatic nitrogens is 1. The number of anilines is 1. The van der Waals surface area contributed by atoms with Crippen molar-refractivity contribution in [2.24, 2.45) is 0 Å². The Bertz CT molecular complexity index is 1080. The number of nitrogens with one attached hydrogen (secondary N) is 1. The Kier molecular flexibility index (Phi) is 6.91. The molecule has 142 valence electrons. The highest BCUT2D eigenvalue weighted by Crippen LogP contribution is 2.34. The van der Waals surface area contributed by atoms with Crippen molar-refractivity contribution in [2.75, 3.05) is 11.9 Å². The minimum absolute atomic E-state index is 0.0543. The molecule has 0 radical (unpaired) electrons. The van der Waals surface area contributed by atoms with Crippen LogP contribution in [0.3, 0.4) is 0 Å². The average Bonchev–Trinajstić information content (AvgIpc) is 2.94. The summed E-state index contributed by atoms with van der Waals surface area (Å²) in [6.45, 7) is 3.76. The lowest BCUT2D eigenvalue weighted by Gasteiger charge is -2.04. The molecular weight excluding hydrogens is 413 g/mol. The molecule has 0 bridgehead atoms. The van der Waals surface area contributed by atoms with Gasteiger partial charge in [-0.1, -0.05) is 23.2 Å². The normalized spacial score (nSPS) is 12.5. The van der Waals surface area contributed by atoms with Crippen LogP contribution in [-0.4, -0.2) is 22.2 Å². The first-order chi connectivity index (χ1) is 12.8. The molecule has 0 aliphatic carbocycles. The third kappa shape index (κ3) is 4.45. The third-order valence-corrected chi connectivity index (χ3v) is 5.12. The van der Waals surface area contributed by atoms with Crippen LogP contribution in [0.2, 0.25) is 10.0 Å². The van der Waals surface area contributed by atoms with Gasteiger partial charge in [-0.15, -0.1) is 11.3 Å². The predicted octanol–water partition coefficient (Wildman–Crippen LogP) is 2.03. The van der Waals surface area contributed by atoms with Crippen LogP contribution >= 0.6 is 34.5 Å². The lowest BCUT2D eigenvalue weighted by atomic mass is 10.3. The number of phenolic OH excluding ortho intramolecular Hbond substituents is 1. The molecular formula is C17H15Cl2N3O4S. The summed E-state index contributed by atoms with van der Waals surface area (Å²) in [6.07, 6.45) is 1.42. The molecule has 2 rings (SSSR count). The summed E-state index contributed by atoms with van der Waals surface area (Å²) < 4.78 is 6.69. The van der Waals surface area contributed by atoms with Crippen LogP contribution in [0.15, 0.2) is 16.9 Å². The number of rotatable bonds is 5. The number of carbonyl (C=O) groups is 1. The van der Waals surface area contributed by atoms with Gasteiger partial charge in [0, 0.05) is 18.4 Å². The number of esters is 1. The number of halogens is 2. The molecule has 0 aliphatic heterocycles. The van der Waals surface area contributed by atoms with Crippen LogP contribution in [-0.2, 0) is 16.1 Å². The standard InChI is InChI=1S/C17H15Cl2N3O4S/c1-3-22-15(24)13(27-16(22)10(7-20)17(25)26-4-2)8-21-9-5-11(18)14(23)12(19)6-9/h5-6,8,21,23H,3-4H2,1-2H3/b13-8+,16-10+. The summed E-state index contributed by atoms with van der Waals surface area (Å²) in [6, 6.07) is 4.69. The molecule has 1 aromatic carbocycles. The van der Waals surface area contributed by atoms with Crippen molar-refractivity contribution in [3.63, 3.8) is 0 Å². The monoisotopic (exact) mass is 427 g/mol. The molecule has 0 saturated heterocycles. The van der Waals surface area contributed by atoms with Gasteiger partial charge in [0.2, 0.25) is 0 Å². The summed E-state index contributed by atoms with van der Waals surface area (Å²) >= 11 is 12.7. The van der Waals surface area contributed by atoms with Crippen molar-refractivity contribution in [1.82, 2.24) is 4.57 Å². The zero-order valence-electron chi connectivity index (χ0n) is 14.4. The van der Waals surface area contributed by atoms with Crippen LogP contribution in [0.1, 0.15) is 13.8 Å². The Morgan fingerprint density at radius 2 is 2.04 bits per heavy atom. The topological polar surface area (TPSA) is 104 Å². The first-order valence-corrected chi connectivity index (χ1v) is 9.37. The van der Waals surface area contributed by atoms with Gasteiger partial charge in [-0.2, -0.15) is 5.26 Å². The first kappa shape index (κ1) is 20.8. The van der Waals surface area contributed by atoms with E-state index in [1.165, 1.54) is 22.9 Å². The van der Waals surface area contributed by atoms with E-state index in [4.69, 9.17) is 27.9 Å². The highest BCUT2D eigenvalue weighted by atomic mass is 35.5. The van der Waals surface area contributed by atoms with E-state index in [1.807, 2.05) is 6.07 Å². The van der Waals surface area contributed by atoms with Gasteiger partial charge in [0.25, 0.3) is 5.56 Å². The molecule has 0 spiro atoms. The minimum atomic E-state index is -0.778. The van der Waals surface area contributed by atoms with E-state index in [1.54, 1.807) is 13.8 Å². The maximum absolute atomic E-state index is 12.6. The lowest BCUT2D eigenvalue weighted by Crippen LogP contribution is -2.32. The van der Waals surface area contributed by atoms with E-state index in [-0.39, 0.29) is 49.3 Å². The molecule has 7 nitrogen and oxygen atoms in total. The fraction of sp³-hybridized carbons (Fsp3) is 0.235. The fourth-order valence-electron chi connectivity index (χ4n) is 2.17. The van der Waals surface area contributed by atoms with Gasteiger partial charge >= 0.3 is 5.97 Å². The number of nitrogens with zero attached hydrogens (tertiary/aromatic N) is 2. The predicted molar refractivity (Wildman–Crippen MR) is 105 cm³/mol. The lowest BCUT2D eigenvalue weighted by molar-refractivity contribution is -0.136. The van der Waals surface area contributed by atoms with Gasteiger partial charge < -0.3 is 15.2 Å². The number of aromatic hydroxyl groups is 1. The maximum Gasteiger partial charge on any atom is 0.351 e. The number of hydrogen-bond donors (Lipinski definition) is 2. The number of ether oxygens (including phenoxy) is 1. The zero-order valence-corrected chi connectivity index (χ0v) is 16.7. The highest BCUT2D eigenvalue weighted by molar-refractivity contribution is 7.07. The van der Waals surface area contributed by atoms with Gasteiger partial charge in [0.15, 0.2) is 11.3 Å². The summed E-state index contributed by atoms with van der Waals surface area (Å²) in [7, 11) is 0. The zero-order chi connectivity index (χ0) is 20.1. The second kappa shape index (κ2) is 8.95. The Morgan fingerprint density at radius 3 is 2.56 bits per heavy atom. The summed E-state index contributed by atoms with van der Waals surface area (Å²) in [5, 5.41) is 21.9. The molecule has 0 atom stereocenters. The van der Waals surface area contributed by atoms with Crippen LogP contribution in [0.5, 0.6) is 5.75 Å². The number of hydrogen-bond acceptors (Lipinski definition) is 7. The van der Waals surface area contributed by atoms with E-state index in [9.17, 15) is 20.0 Å². The molecule has 0 fully saturated rings. The van der Waals surface area contributed by atoms with Gasteiger partial charge in [-0.3, -0.25) is 9.36 Å². The van der Waals surface area contributed by atoms with E-state index >= 15 is 0 Å². The maximum atomic E-state index is 12.6. The number of benzene rings is 1. The highest BCUT2D eigenvalue weighted by Gasteiger charge is 2.16. The van der Waals surface area contributed by atoms with Crippen LogP contribution in [0, 0.1) is 11.3 Å². The molecule has 0 unspecified atom stereocenters. The largest absolute Gasteiger partial charge is 0.505 e. The smallest absolute Gasteiger partial charge is 0.351 e. The Labute approximate surface area is 168 Å². The molecule has 2 aromatic rings. The van der Waals surface area contributed by atoms with Crippen LogP contribution in [0.4, 0.5) is 5.69 Å². The van der Waals surface area contributed by atoms with E-state index in [0.717, 1.165) is 11.3 Å². The van der Waals surface area contributed by atoms with Gasteiger partial charge in [-0.05, 0) is 26.0 Å². The molecule has 0 amide bonds. The molecule has 2 N–H and O–H groups in total. The Balaban J connectivity index is 2.59. The van der Waals surface area contributed by atoms with Crippen molar-refractivity contribution < 1.29 is 14.6 Å². The average molecular weight is 428 g/mol.